The van der Waals surface area contributed by atoms with E-state index < -0.39 is 10.5 Å². The zero-order valence-electron chi connectivity index (χ0n) is 24.2. The number of amides is 3. The number of pyridine rings is 1. The van der Waals surface area contributed by atoms with E-state index in [1.165, 1.54) is 0 Å². The van der Waals surface area contributed by atoms with Gasteiger partial charge in [0.2, 0.25) is 0 Å². The molecule has 0 N–H and O–H groups in total. The molecule has 1 aromatic carbocycles. The van der Waals surface area contributed by atoms with Gasteiger partial charge in [0.1, 0.15) is 5.60 Å². The lowest BCUT2D eigenvalue weighted by atomic mass is 9.89. The molecule has 2 saturated heterocycles. The van der Waals surface area contributed by atoms with E-state index >= 15 is 0 Å². The Kier molecular flexibility index (Phi) is 7.88. The van der Waals surface area contributed by atoms with Gasteiger partial charge < -0.3 is 19.1 Å². The maximum absolute atomic E-state index is 14.3. The third-order valence-electron chi connectivity index (χ3n) is 7.95. The molecule has 3 aromatic rings. The second kappa shape index (κ2) is 11.4. The largest absolute Gasteiger partial charge is 0.444 e. The first kappa shape index (κ1) is 28.4. The molecule has 41 heavy (non-hydrogen) atoms. The van der Waals surface area contributed by atoms with Gasteiger partial charge in [-0.05, 0) is 70.1 Å². The summed E-state index contributed by atoms with van der Waals surface area (Å²) in [6.45, 7) is 7.61. The van der Waals surface area contributed by atoms with Crippen LogP contribution < -0.4 is 4.90 Å². The van der Waals surface area contributed by atoms with Gasteiger partial charge in [0.05, 0.1) is 16.5 Å². The van der Waals surface area contributed by atoms with Crippen molar-refractivity contribution >= 4 is 34.5 Å². The molecular weight excluding hydrogens is 524 g/mol. The Morgan fingerprint density at radius 1 is 1.02 bits per heavy atom. The number of hydrogen-bond acceptors (Lipinski definition) is 6. The quantitative estimate of drug-likeness (QED) is 0.298. The number of carbonyl (C=O) groups excluding carboxylic acids is 2. The standard InChI is InChI=1S/C30H38N6O5/c1-30(2,3)41-29(38)34-16-5-6-25(20-34)35(27-26-23(11-15-31-27)12-17-32(26)4)28(37)33-18-13-22(14-19-33)21-7-9-24(10-8-21)36(39)40/h7-12,15,17,22,25H,5-6,13-14,16,18-20H2,1-4H3/t25-/m1/s1. The number of rotatable bonds is 4. The van der Waals surface area contributed by atoms with Crippen molar-refractivity contribution in [3.63, 3.8) is 0 Å². The molecule has 218 valence electrons. The third kappa shape index (κ3) is 6.13. The molecule has 2 fully saturated rings. The van der Waals surface area contributed by atoms with Gasteiger partial charge in [0.15, 0.2) is 5.82 Å². The van der Waals surface area contributed by atoms with Crippen molar-refractivity contribution in [2.24, 2.45) is 7.05 Å². The predicted octanol–water partition coefficient (Wildman–Crippen LogP) is 5.69. The number of nitro groups is 1. The van der Waals surface area contributed by atoms with Crippen molar-refractivity contribution in [1.82, 2.24) is 19.4 Å². The molecule has 11 heteroatoms. The molecule has 0 aliphatic carbocycles. The van der Waals surface area contributed by atoms with Crippen molar-refractivity contribution in [3.8, 4) is 0 Å². The molecule has 2 aromatic heterocycles. The van der Waals surface area contributed by atoms with Crippen LogP contribution in [0.4, 0.5) is 21.1 Å². The predicted molar refractivity (Wildman–Crippen MR) is 156 cm³/mol. The van der Waals surface area contributed by atoms with Gasteiger partial charge in [-0.15, -0.1) is 0 Å². The fourth-order valence-corrected chi connectivity index (χ4v) is 5.90. The molecule has 0 saturated carbocycles. The summed E-state index contributed by atoms with van der Waals surface area (Å²) in [4.78, 5) is 48.0. The fourth-order valence-electron chi connectivity index (χ4n) is 5.90. The number of piperidine rings is 2. The van der Waals surface area contributed by atoms with Crippen LogP contribution in [0.5, 0.6) is 0 Å². The van der Waals surface area contributed by atoms with E-state index in [1.54, 1.807) is 28.1 Å². The molecule has 0 unspecified atom stereocenters. The van der Waals surface area contributed by atoms with E-state index in [0.29, 0.717) is 32.0 Å². The van der Waals surface area contributed by atoms with Gasteiger partial charge in [-0.25, -0.2) is 14.6 Å². The molecule has 0 bridgehead atoms. The molecule has 0 spiro atoms. The van der Waals surface area contributed by atoms with Crippen LogP contribution in [-0.2, 0) is 11.8 Å². The Morgan fingerprint density at radius 2 is 1.73 bits per heavy atom. The van der Waals surface area contributed by atoms with Gasteiger partial charge >= 0.3 is 12.1 Å². The summed E-state index contributed by atoms with van der Waals surface area (Å²) >= 11 is 0. The number of benzene rings is 1. The number of hydrogen-bond donors (Lipinski definition) is 0. The van der Waals surface area contributed by atoms with Crippen molar-refractivity contribution in [2.75, 3.05) is 31.1 Å². The van der Waals surface area contributed by atoms with E-state index in [0.717, 1.165) is 42.1 Å². The third-order valence-corrected chi connectivity index (χ3v) is 7.95. The molecule has 11 nitrogen and oxygen atoms in total. The zero-order chi connectivity index (χ0) is 29.3. The number of carbonyl (C=O) groups is 2. The highest BCUT2D eigenvalue weighted by molar-refractivity contribution is 6.00. The van der Waals surface area contributed by atoms with Gasteiger partial charge in [-0.2, -0.15) is 0 Å². The molecule has 2 aliphatic rings. The molecule has 1 atom stereocenters. The SMILES string of the molecule is Cn1ccc2ccnc(N(C(=O)N3CCC(c4ccc([N+](=O)[O-])cc4)CC3)[C@@H]3CCCN(C(=O)OC(C)(C)C)C3)c21. The van der Waals surface area contributed by atoms with Crippen LogP contribution in [0.15, 0.2) is 48.8 Å². The van der Waals surface area contributed by atoms with Crippen molar-refractivity contribution in [1.29, 1.82) is 0 Å². The van der Waals surface area contributed by atoms with Gasteiger partial charge in [-0.3, -0.25) is 15.0 Å². The van der Waals surface area contributed by atoms with Crippen LogP contribution in [0, 0.1) is 10.1 Å². The maximum atomic E-state index is 14.3. The summed E-state index contributed by atoms with van der Waals surface area (Å²) in [5.74, 6) is 0.814. The van der Waals surface area contributed by atoms with E-state index in [2.05, 4.69) is 0 Å². The number of nitrogens with zero attached hydrogens (tertiary/aromatic N) is 6. The minimum absolute atomic E-state index is 0.0762. The molecule has 5 rings (SSSR count). The van der Waals surface area contributed by atoms with E-state index in [4.69, 9.17) is 9.72 Å². The topological polar surface area (TPSA) is 114 Å². The first-order valence-corrected chi connectivity index (χ1v) is 14.2. The van der Waals surface area contributed by atoms with Crippen LogP contribution >= 0.6 is 0 Å². The molecule has 3 amide bonds. The average Bonchev–Trinajstić information content (AvgIpc) is 3.34. The summed E-state index contributed by atoms with van der Waals surface area (Å²) in [7, 11) is 1.94. The number of anilines is 1. The van der Waals surface area contributed by atoms with Gasteiger partial charge in [0, 0.05) is 63.1 Å². The van der Waals surface area contributed by atoms with Crippen molar-refractivity contribution in [3.05, 3.63) is 64.5 Å². The zero-order valence-corrected chi connectivity index (χ0v) is 24.2. The highest BCUT2D eigenvalue weighted by atomic mass is 16.6. The first-order valence-electron chi connectivity index (χ1n) is 14.2. The van der Waals surface area contributed by atoms with Crippen LogP contribution in [0.2, 0.25) is 0 Å². The number of fused-ring (bicyclic) bond motifs is 1. The van der Waals surface area contributed by atoms with Gasteiger partial charge in [0.25, 0.3) is 5.69 Å². The Balaban J connectivity index is 1.39. The van der Waals surface area contributed by atoms with E-state index in [9.17, 15) is 19.7 Å². The second-order valence-corrected chi connectivity index (χ2v) is 12.0. The summed E-state index contributed by atoms with van der Waals surface area (Å²) in [6, 6.07) is 10.3. The van der Waals surface area contributed by atoms with Crippen molar-refractivity contribution in [2.45, 2.75) is 64.0 Å². The molecule has 0 radical (unpaired) electrons. The lowest BCUT2D eigenvalue weighted by molar-refractivity contribution is -0.384. The molecule has 2 aliphatic heterocycles. The Morgan fingerprint density at radius 3 is 2.39 bits per heavy atom. The first-order chi connectivity index (χ1) is 19.5. The fraction of sp³-hybridized carbons (Fsp3) is 0.500. The summed E-state index contributed by atoms with van der Waals surface area (Å²) in [5.41, 5.74) is 1.39. The number of nitro benzene ring substituents is 1. The average molecular weight is 563 g/mol. The Hall–Kier alpha value is -4.15. The number of aryl methyl sites for hydroxylation is 1. The summed E-state index contributed by atoms with van der Waals surface area (Å²) in [5, 5.41) is 12.0. The maximum Gasteiger partial charge on any atom is 0.410 e. The van der Waals surface area contributed by atoms with Crippen LogP contribution in [0.25, 0.3) is 10.9 Å². The minimum Gasteiger partial charge on any atom is -0.444 e. The number of non-ortho nitro benzene ring substituents is 1. The number of urea groups is 1. The van der Waals surface area contributed by atoms with Crippen LogP contribution in [-0.4, -0.2) is 74.2 Å². The highest BCUT2D eigenvalue weighted by Gasteiger charge is 2.38. The second-order valence-electron chi connectivity index (χ2n) is 12.0. The number of likely N-dealkylation sites (tertiary alicyclic amines) is 2. The van der Waals surface area contributed by atoms with Crippen LogP contribution in [0.3, 0.4) is 0 Å². The van der Waals surface area contributed by atoms with Gasteiger partial charge in [-0.1, -0.05) is 12.1 Å². The van der Waals surface area contributed by atoms with Crippen LogP contribution in [0.1, 0.15) is 57.9 Å². The summed E-state index contributed by atoms with van der Waals surface area (Å²) < 4.78 is 7.63. The lowest BCUT2D eigenvalue weighted by Gasteiger charge is -2.42. The Bertz CT molecular complexity index is 1420. The Labute approximate surface area is 239 Å². The minimum atomic E-state index is -0.607. The highest BCUT2D eigenvalue weighted by Crippen LogP contribution is 2.33. The van der Waals surface area contributed by atoms with Crippen molar-refractivity contribution < 1.29 is 19.2 Å². The number of ether oxygens (including phenoxy) is 1. The van der Waals surface area contributed by atoms with E-state index in [1.807, 2.05) is 67.7 Å². The summed E-state index contributed by atoms with van der Waals surface area (Å²) in [6.07, 6.45) is 6.33. The number of aromatic nitrogens is 2. The monoisotopic (exact) mass is 562 g/mol. The molecular formula is C30H38N6O5. The van der Waals surface area contributed by atoms with E-state index in [-0.39, 0.29) is 29.8 Å². The normalized spacial score (nSPS) is 18.4. The lowest BCUT2D eigenvalue weighted by Crippen LogP contribution is -2.57. The smallest absolute Gasteiger partial charge is 0.410 e. The molecule has 4 heterocycles.